The normalized spacial score (nSPS) is 14.3. The van der Waals surface area contributed by atoms with Gasteiger partial charge in [0.05, 0.1) is 48.1 Å². The lowest BCUT2D eigenvalue weighted by molar-refractivity contribution is -0.137. The number of nitrogens with one attached hydrogen (secondary N) is 2. The zero-order chi connectivity index (χ0) is 24.4. The molecule has 5 rings (SSSR count). The van der Waals surface area contributed by atoms with E-state index in [1.165, 1.54) is 18.3 Å². The summed E-state index contributed by atoms with van der Waals surface area (Å²) in [6, 6.07) is 12.7. The van der Waals surface area contributed by atoms with Crippen LogP contribution in [0.15, 0.2) is 60.9 Å². The number of carbonyl (C=O) groups is 1. The van der Waals surface area contributed by atoms with Crippen LogP contribution in [-0.4, -0.2) is 47.2 Å². The van der Waals surface area contributed by atoms with Gasteiger partial charge in [-0.25, -0.2) is 4.98 Å². The van der Waals surface area contributed by atoms with E-state index < -0.39 is 11.7 Å². The molecule has 1 fully saturated rings. The molecule has 180 valence electrons. The minimum Gasteiger partial charge on any atom is -0.378 e. The maximum atomic E-state index is 13.9. The van der Waals surface area contributed by atoms with Crippen LogP contribution in [0.3, 0.4) is 0 Å². The van der Waals surface area contributed by atoms with Crippen LogP contribution in [0.1, 0.15) is 11.1 Å². The number of benzene rings is 2. The fourth-order valence-electron chi connectivity index (χ4n) is 4.17. The smallest absolute Gasteiger partial charge is 0.378 e. The number of nitrogens with zero attached hydrogens (tertiary/aromatic N) is 3. The first-order valence-corrected chi connectivity index (χ1v) is 11.1. The first-order valence-electron chi connectivity index (χ1n) is 11.1. The quantitative estimate of drug-likeness (QED) is 0.433. The summed E-state index contributed by atoms with van der Waals surface area (Å²) < 4.78 is 47.0. The number of imidazole rings is 1. The van der Waals surface area contributed by atoms with Crippen LogP contribution in [0.2, 0.25) is 0 Å². The van der Waals surface area contributed by atoms with Crippen molar-refractivity contribution in [1.82, 2.24) is 15.0 Å². The molecule has 35 heavy (non-hydrogen) atoms. The van der Waals surface area contributed by atoms with Gasteiger partial charge in [0.2, 0.25) is 5.91 Å². The van der Waals surface area contributed by atoms with Gasteiger partial charge < -0.3 is 19.9 Å². The van der Waals surface area contributed by atoms with E-state index in [9.17, 15) is 18.0 Å². The molecule has 10 heteroatoms. The number of anilines is 2. The number of H-pyrrole nitrogens is 1. The van der Waals surface area contributed by atoms with Crippen LogP contribution in [0.5, 0.6) is 0 Å². The number of para-hydroxylation sites is 1. The molecule has 0 saturated carbocycles. The molecular weight excluding hydrogens is 459 g/mol. The third-order valence-electron chi connectivity index (χ3n) is 5.83. The van der Waals surface area contributed by atoms with Crippen LogP contribution in [0.25, 0.3) is 22.4 Å². The number of rotatable bonds is 5. The summed E-state index contributed by atoms with van der Waals surface area (Å²) in [5.74, 6) is -0.178. The summed E-state index contributed by atoms with van der Waals surface area (Å²) in [4.78, 5) is 26.1. The molecule has 2 aromatic heterocycles. The Kier molecular flexibility index (Phi) is 6.12. The van der Waals surface area contributed by atoms with Crippen LogP contribution < -0.4 is 10.2 Å². The number of hydrogen-bond acceptors (Lipinski definition) is 5. The fraction of sp³-hybridized carbons (Fsp3) is 0.240. The van der Waals surface area contributed by atoms with Gasteiger partial charge in [0.15, 0.2) is 0 Å². The van der Waals surface area contributed by atoms with Crippen molar-refractivity contribution in [2.75, 3.05) is 36.5 Å². The van der Waals surface area contributed by atoms with E-state index in [1.54, 1.807) is 36.5 Å². The van der Waals surface area contributed by atoms with Gasteiger partial charge in [0.25, 0.3) is 0 Å². The number of alkyl halides is 3. The van der Waals surface area contributed by atoms with Gasteiger partial charge in [0, 0.05) is 30.5 Å². The molecule has 4 aromatic rings. The van der Waals surface area contributed by atoms with E-state index in [0.717, 1.165) is 6.07 Å². The third kappa shape index (κ3) is 4.97. The van der Waals surface area contributed by atoms with E-state index in [-0.39, 0.29) is 23.7 Å². The Bertz CT molecular complexity index is 1350. The molecule has 1 aliphatic heterocycles. The van der Waals surface area contributed by atoms with Crippen LogP contribution in [0, 0.1) is 0 Å². The van der Waals surface area contributed by atoms with Gasteiger partial charge in [-0.05, 0) is 42.0 Å². The molecule has 0 atom stereocenters. The van der Waals surface area contributed by atoms with Crippen molar-refractivity contribution in [2.45, 2.75) is 12.6 Å². The highest BCUT2D eigenvalue weighted by atomic mass is 19.4. The lowest BCUT2D eigenvalue weighted by Gasteiger charge is -2.29. The van der Waals surface area contributed by atoms with Crippen molar-refractivity contribution in [3.63, 3.8) is 0 Å². The van der Waals surface area contributed by atoms with E-state index >= 15 is 0 Å². The zero-order valence-corrected chi connectivity index (χ0v) is 18.6. The van der Waals surface area contributed by atoms with Crippen molar-refractivity contribution in [3.05, 3.63) is 72.1 Å². The number of hydrogen-bond donors (Lipinski definition) is 2. The van der Waals surface area contributed by atoms with Crippen molar-refractivity contribution in [1.29, 1.82) is 0 Å². The van der Waals surface area contributed by atoms with Crippen molar-refractivity contribution >= 4 is 28.3 Å². The Balaban J connectivity index is 1.50. The molecule has 2 N–H and O–H groups in total. The number of aromatic amines is 1. The highest BCUT2D eigenvalue weighted by Crippen LogP contribution is 2.39. The van der Waals surface area contributed by atoms with E-state index in [0.29, 0.717) is 54.3 Å². The van der Waals surface area contributed by atoms with Gasteiger partial charge in [-0.3, -0.25) is 9.78 Å². The number of carbonyl (C=O) groups excluding carboxylic acids is 1. The zero-order valence-electron chi connectivity index (χ0n) is 18.6. The van der Waals surface area contributed by atoms with E-state index in [2.05, 4.69) is 20.3 Å². The predicted molar refractivity (Wildman–Crippen MR) is 126 cm³/mol. The largest absolute Gasteiger partial charge is 0.417 e. The average Bonchev–Trinajstić information content (AvgIpc) is 3.30. The second-order valence-electron chi connectivity index (χ2n) is 8.19. The number of aromatic nitrogens is 3. The van der Waals surface area contributed by atoms with Gasteiger partial charge >= 0.3 is 6.18 Å². The number of halogens is 3. The maximum Gasteiger partial charge on any atom is 0.417 e. The number of amides is 1. The molecule has 0 radical (unpaired) electrons. The summed E-state index contributed by atoms with van der Waals surface area (Å²) in [5.41, 5.74) is 2.03. The van der Waals surface area contributed by atoms with Crippen molar-refractivity contribution < 1.29 is 22.7 Å². The van der Waals surface area contributed by atoms with Crippen molar-refractivity contribution in [2.24, 2.45) is 0 Å². The van der Waals surface area contributed by atoms with Crippen molar-refractivity contribution in [3.8, 4) is 11.4 Å². The van der Waals surface area contributed by atoms with Gasteiger partial charge in [-0.15, -0.1) is 0 Å². The molecule has 0 spiro atoms. The van der Waals surface area contributed by atoms with Crippen LogP contribution >= 0.6 is 0 Å². The number of pyridine rings is 1. The molecule has 0 bridgehead atoms. The van der Waals surface area contributed by atoms with E-state index in [1.807, 2.05) is 4.90 Å². The molecule has 2 aromatic carbocycles. The second kappa shape index (κ2) is 9.38. The van der Waals surface area contributed by atoms with Crippen LogP contribution in [0.4, 0.5) is 24.5 Å². The van der Waals surface area contributed by atoms with Crippen LogP contribution in [-0.2, 0) is 22.1 Å². The summed E-state index contributed by atoms with van der Waals surface area (Å²) in [6.45, 7) is 2.24. The predicted octanol–water partition coefficient (Wildman–Crippen LogP) is 4.66. The van der Waals surface area contributed by atoms with Gasteiger partial charge in [-0.2, -0.15) is 13.2 Å². The average molecular weight is 481 g/mol. The summed E-state index contributed by atoms with van der Waals surface area (Å²) in [5, 5.41) is 2.76. The Labute approximate surface area is 199 Å². The molecular formula is C25H22F3N5O2. The monoisotopic (exact) mass is 481 g/mol. The third-order valence-corrected chi connectivity index (χ3v) is 5.83. The second-order valence-corrected chi connectivity index (χ2v) is 8.19. The summed E-state index contributed by atoms with van der Waals surface area (Å²) >= 11 is 0. The molecule has 1 saturated heterocycles. The first-order chi connectivity index (χ1) is 16.9. The van der Waals surface area contributed by atoms with Gasteiger partial charge in [-0.1, -0.05) is 12.1 Å². The lowest BCUT2D eigenvalue weighted by Crippen LogP contribution is -2.36. The first kappa shape index (κ1) is 22.9. The maximum absolute atomic E-state index is 13.9. The Morgan fingerprint density at radius 1 is 1.11 bits per heavy atom. The minimum atomic E-state index is -4.55. The SMILES string of the molecule is O=C(Cc1cccc2[nH]c(-c3cc(N4CCOCC4)ccc3C(F)(F)F)nc12)Nc1cccnc1. The summed E-state index contributed by atoms with van der Waals surface area (Å²) in [7, 11) is 0. The molecule has 0 aliphatic carbocycles. The Hall–Kier alpha value is -3.92. The highest BCUT2D eigenvalue weighted by molar-refractivity contribution is 5.95. The fourth-order valence-corrected chi connectivity index (χ4v) is 4.17. The summed E-state index contributed by atoms with van der Waals surface area (Å²) in [6.07, 6.45) is -1.41. The van der Waals surface area contributed by atoms with Gasteiger partial charge in [0.1, 0.15) is 5.82 Å². The van der Waals surface area contributed by atoms with E-state index in [4.69, 9.17) is 4.74 Å². The molecule has 1 amide bonds. The molecule has 7 nitrogen and oxygen atoms in total. The standard InChI is InChI=1S/C25H22F3N5O2/c26-25(27,28)20-7-6-18(33-9-11-35-12-10-33)14-19(20)24-31-21-5-1-3-16(23(21)32-24)13-22(34)30-17-4-2-8-29-15-17/h1-8,14-15H,9-13H2,(H,30,34)(H,31,32). The lowest BCUT2D eigenvalue weighted by atomic mass is 10.0. The molecule has 3 heterocycles. The topological polar surface area (TPSA) is 83.1 Å². The number of ether oxygens (including phenoxy) is 1. The molecule has 1 aliphatic rings. The Morgan fingerprint density at radius 2 is 1.94 bits per heavy atom. The Morgan fingerprint density at radius 3 is 2.69 bits per heavy atom. The highest BCUT2D eigenvalue weighted by Gasteiger charge is 2.35. The number of fused-ring (bicyclic) bond motifs is 1. The molecule has 0 unspecified atom stereocenters. The number of morpholine rings is 1. The minimum absolute atomic E-state index is 0.0104.